The largest absolute Gasteiger partial charge is 0.352 e. The minimum atomic E-state index is 1.08. The number of fused-ring (bicyclic) bond motifs is 1. The van der Waals surface area contributed by atoms with E-state index in [2.05, 4.69) is 20.4 Å². The fourth-order valence-electron chi connectivity index (χ4n) is 2.05. The zero-order chi connectivity index (χ0) is 9.38. The number of nitrogens with one attached hydrogen (secondary N) is 2. The predicted octanol–water partition coefficient (Wildman–Crippen LogP) is 0.566. The second-order valence-corrected chi connectivity index (χ2v) is 4.72. The Kier molecular flexibility index (Phi) is 2.14. The lowest BCUT2D eigenvalue weighted by Gasteiger charge is -2.27. The minimum Gasteiger partial charge on any atom is -0.352 e. The number of hydrogen-bond donors (Lipinski definition) is 2. The van der Waals surface area contributed by atoms with E-state index >= 15 is 0 Å². The van der Waals surface area contributed by atoms with Crippen LogP contribution in [0.15, 0.2) is 0 Å². The molecule has 2 aliphatic heterocycles. The molecule has 0 radical (unpaired) electrons. The van der Waals surface area contributed by atoms with E-state index < -0.39 is 0 Å². The van der Waals surface area contributed by atoms with Gasteiger partial charge in [-0.25, -0.2) is 0 Å². The van der Waals surface area contributed by atoms with Crippen molar-refractivity contribution in [2.75, 3.05) is 31.1 Å². The first-order valence-electron chi connectivity index (χ1n) is 5.04. The molecule has 0 spiro atoms. The van der Waals surface area contributed by atoms with E-state index in [1.165, 1.54) is 17.1 Å². The van der Waals surface area contributed by atoms with Crippen molar-refractivity contribution in [3.05, 3.63) is 11.3 Å². The van der Waals surface area contributed by atoms with E-state index in [0.29, 0.717) is 0 Å². The number of H-pyrrole nitrogens is 1. The third-order valence-electron chi connectivity index (χ3n) is 2.84. The van der Waals surface area contributed by atoms with Gasteiger partial charge in [0.15, 0.2) is 5.82 Å². The highest BCUT2D eigenvalue weighted by Gasteiger charge is 2.23. The summed E-state index contributed by atoms with van der Waals surface area (Å²) in [6.45, 7) is 4.33. The van der Waals surface area contributed by atoms with Crippen molar-refractivity contribution in [2.45, 2.75) is 11.5 Å². The van der Waals surface area contributed by atoms with E-state index in [9.17, 15) is 0 Å². The first-order chi connectivity index (χ1) is 6.95. The summed E-state index contributed by atoms with van der Waals surface area (Å²) < 4.78 is 0. The second kappa shape index (κ2) is 3.47. The molecule has 1 aromatic heterocycles. The van der Waals surface area contributed by atoms with Gasteiger partial charge in [-0.3, -0.25) is 5.10 Å². The van der Waals surface area contributed by atoms with Crippen LogP contribution in [0.1, 0.15) is 11.3 Å². The summed E-state index contributed by atoms with van der Waals surface area (Å²) in [5, 5.41) is 10.9. The van der Waals surface area contributed by atoms with Crippen molar-refractivity contribution < 1.29 is 0 Å². The zero-order valence-corrected chi connectivity index (χ0v) is 8.86. The number of piperazine rings is 1. The Morgan fingerprint density at radius 1 is 1.21 bits per heavy atom. The quantitative estimate of drug-likeness (QED) is 0.711. The molecule has 0 atom stereocenters. The molecule has 14 heavy (non-hydrogen) atoms. The molecule has 3 heterocycles. The average Bonchev–Trinajstić information content (AvgIpc) is 2.79. The maximum Gasteiger partial charge on any atom is 0.154 e. The third kappa shape index (κ3) is 1.31. The van der Waals surface area contributed by atoms with Crippen LogP contribution in [-0.2, 0) is 11.5 Å². The van der Waals surface area contributed by atoms with Gasteiger partial charge in [-0.05, 0) is 0 Å². The van der Waals surface area contributed by atoms with Gasteiger partial charge < -0.3 is 10.2 Å². The van der Waals surface area contributed by atoms with Crippen LogP contribution in [0.25, 0.3) is 0 Å². The number of aromatic amines is 1. The van der Waals surface area contributed by atoms with E-state index in [-0.39, 0.29) is 0 Å². The predicted molar refractivity (Wildman–Crippen MR) is 58.7 cm³/mol. The fraction of sp³-hybridized carbons (Fsp3) is 0.667. The van der Waals surface area contributed by atoms with Gasteiger partial charge in [0, 0.05) is 43.2 Å². The van der Waals surface area contributed by atoms with Crippen molar-refractivity contribution in [3.8, 4) is 0 Å². The molecule has 2 aliphatic rings. The van der Waals surface area contributed by atoms with Crippen molar-refractivity contribution in [1.82, 2.24) is 15.5 Å². The van der Waals surface area contributed by atoms with Crippen LogP contribution in [-0.4, -0.2) is 36.4 Å². The second-order valence-electron chi connectivity index (χ2n) is 3.73. The maximum atomic E-state index is 4.42. The molecule has 2 N–H and O–H groups in total. The van der Waals surface area contributed by atoms with Crippen molar-refractivity contribution in [3.63, 3.8) is 0 Å². The number of aromatic nitrogens is 2. The molecule has 1 fully saturated rings. The topological polar surface area (TPSA) is 44.0 Å². The number of nitrogens with zero attached hydrogens (tertiary/aromatic N) is 2. The van der Waals surface area contributed by atoms with Crippen molar-refractivity contribution in [1.29, 1.82) is 0 Å². The lowest BCUT2D eigenvalue weighted by Crippen LogP contribution is -2.44. The molecule has 5 heteroatoms. The van der Waals surface area contributed by atoms with E-state index in [1.807, 2.05) is 11.8 Å². The summed E-state index contributed by atoms with van der Waals surface area (Å²) in [5.41, 5.74) is 2.78. The highest BCUT2D eigenvalue weighted by atomic mass is 32.2. The molecule has 0 unspecified atom stereocenters. The van der Waals surface area contributed by atoms with Gasteiger partial charge in [0.05, 0.1) is 5.69 Å². The van der Waals surface area contributed by atoms with Crippen LogP contribution < -0.4 is 10.2 Å². The molecule has 76 valence electrons. The van der Waals surface area contributed by atoms with E-state index in [0.717, 1.165) is 37.7 Å². The van der Waals surface area contributed by atoms with Crippen LogP contribution in [0.5, 0.6) is 0 Å². The minimum absolute atomic E-state index is 1.08. The normalized spacial score (nSPS) is 21.3. The summed E-state index contributed by atoms with van der Waals surface area (Å²) in [6.07, 6.45) is 0. The Labute approximate surface area is 87.4 Å². The maximum absolute atomic E-state index is 4.42. The number of hydrogen-bond acceptors (Lipinski definition) is 4. The van der Waals surface area contributed by atoms with Crippen LogP contribution >= 0.6 is 11.8 Å². The highest BCUT2D eigenvalue weighted by Crippen LogP contribution is 2.34. The molecule has 1 aromatic rings. The number of thioether (sulfide) groups is 1. The molecule has 4 nitrogen and oxygen atoms in total. The fourth-order valence-corrected chi connectivity index (χ4v) is 3.11. The number of anilines is 1. The Morgan fingerprint density at radius 2 is 2.07 bits per heavy atom. The Morgan fingerprint density at radius 3 is 2.93 bits per heavy atom. The summed E-state index contributed by atoms with van der Waals surface area (Å²) in [7, 11) is 0. The van der Waals surface area contributed by atoms with E-state index in [1.54, 1.807) is 0 Å². The molecule has 0 bridgehead atoms. The van der Waals surface area contributed by atoms with Crippen LogP contribution in [0, 0.1) is 0 Å². The standard InChI is InChI=1S/C9H14N4S/c1-3-13(4-2-10-1)9-7-5-14-6-8(7)11-12-9/h10H,1-6H2,(H,11,12). The smallest absolute Gasteiger partial charge is 0.154 e. The van der Waals surface area contributed by atoms with Gasteiger partial charge in [-0.1, -0.05) is 0 Å². The van der Waals surface area contributed by atoms with Crippen molar-refractivity contribution >= 4 is 17.6 Å². The van der Waals surface area contributed by atoms with Gasteiger partial charge in [-0.15, -0.1) is 0 Å². The molecule has 0 saturated carbocycles. The molecule has 3 rings (SSSR count). The Balaban J connectivity index is 1.88. The first-order valence-corrected chi connectivity index (χ1v) is 6.20. The first kappa shape index (κ1) is 8.61. The average molecular weight is 210 g/mol. The Bertz CT molecular complexity index is 330. The SMILES string of the molecule is C1CN(c2n[nH]c3c2CSC3)CCN1. The summed E-state index contributed by atoms with van der Waals surface area (Å²) in [4.78, 5) is 2.39. The molecule has 0 aliphatic carbocycles. The molecule has 0 amide bonds. The van der Waals surface area contributed by atoms with Crippen LogP contribution in [0.3, 0.4) is 0 Å². The van der Waals surface area contributed by atoms with Crippen LogP contribution in [0.2, 0.25) is 0 Å². The van der Waals surface area contributed by atoms with E-state index in [4.69, 9.17) is 0 Å². The lowest BCUT2D eigenvalue weighted by molar-refractivity contribution is 0.583. The Hall–Kier alpha value is -0.680. The molecule has 0 aromatic carbocycles. The molecular weight excluding hydrogens is 196 g/mol. The highest BCUT2D eigenvalue weighted by molar-refractivity contribution is 7.98. The summed E-state index contributed by atoms with van der Waals surface area (Å²) in [5.74, 6) is 3.44. The summed E-state index contributed by atoms with van der Waals surface area (Å²) in [6, 6.07) is 0. The van der Waals surface area contributed by atoms with Gasteiger partial charge in [0.2, 0.25) is 0 Å². The van der Waals surface area contributed by atoms with Gasteiger partial charge in [0.25, 0.3) is 0 Å². The van der Waals surface area contributed by atoms with Crippen molar-refractivity contribution in [2.24, 2.45) is 0 Å². The summed E-state index contributed by atoms with van der Waals surface area (Å²) >= 11 is 1.97. The molecular formula is C9H14N4S. The molecule has 1 saturated heterocycles. The lowest BCUT2D eigenvalue weighted by atomic mass is 10.2. The third-order valence-corrected chi connectivity index (χ3v) is 3.83. The van der Waals surface area contributed by atoms with Gasteiger partial charge in [0.1, 0.15) is 0 Å². The number of rotatable bonds is 1. The van der Waals surface area contributed by atoms with Crippen LogP contribution in [0.4, 0.5) is 5.82 Å². The van der Waals surface area contributed by atoms with Gasteiger partial charge >= 0.3 is 0 Å². The van der Waals surface area contributed by atoms with Gasteiger partial charge in [-0.2, -0.15) is 16.9 Å². The zero-order valence-electron chi connectivity index (χ0n) is 8.05. The monoisotopic (exact) mass is 210 g/mol.